The van der Waals surface area contributed by atoms with Crippen LogP contribution < -0.4 is 18.9 Å². The highest BCUT2D eigenvalue weighted by Gasteiger charge is 2.14. The van der Waals surface area contributed by atoms with Crippen molar-refractivity contribution < 1.29 is 18.9 Å². The zero-order chi connectivity index (χ0) is 25.3. The fourth-order valence-electron chi connectivity index (χ4n) is 4.71. The van der Waals surface area contributed by atoms with Crippen molar-refractivity contribution in [2.24, 2.45) is 0 Å². The van der Waals surface area contributed by atoms with Crippen LogP contribution in [-0.2, 0) is 6.61 Å². The minimum absolute atomic E-state index is 0.461. The van der Waals surface area contributed by atoms with Gasteiger partial charge < -0.3 is 18.9 Å². The molecule has 4 aromatic carbocycles. The smallest absolute Gasteiger partial charge is 0.177 e. The standard InChI is InChI=1S/C32H35NO4/c1-34-29-16-17-30-26(23-29)11-18-31(36-24-25-9-5-4-6-10-25)32(30)37-28-14-12-27(13-15-28)35-22-21-33-19-7-2-3-8-20-33/h4-6,9-18,23H,2-3,7-8,19-22,24H2,1H3. The molecule has 1 aliphatic rings. The SMILES string of the molecule is COc1ccc2c(Oc3ccc(OCCN4CCCCCC4)cc3)c(OCc3ccccc3)ccc2c1. The summed E-state index contributed by atoms with van der Waals surface area (Å²) < 4.78 is 24.1. The quantitative estimate of drug-likeness (QED) is 0.227. The van der Waals surface area contributed by atoms with Crippen LogP contribution in [0.25, 0.3) is 10.8 Å². The Morgan fingerprint density at radius 2 is 1.43 bits per heavy atom. The Labute approximate surface area is 219 Å². The lowest BCUT2D eigenvalue weighted by atomic mass is 10.1. The van der Waals surface area contributed by atoms with Gasteiger partial charge in [-0.1, -0.05) is 49.2 Å². The minimum atomic E-state index is 0.461. The van der Waals surface area contributed by atoms with E-state index in [0.717, 1.165) is 40.1 Å². The van der Waals surface area contributed by atoms with E-state index in [1.54, 1.807) is 7.11 Å². The summed E-state index contributed by atoms with van der Waals surface area (Å²) in [6, 6.07) is 27.9. The van der Waals surface area contributed by atoms with Gasteiger partial charge in [-0.15, -0.1) is 0 Å². The Morgan fingerprint density at radius 1 is 0.703 bits per heavy atom. The molecule has 5 rings (SSSR count). The van der Waals surface area contributed by atoms with Crippen molar-refractivity contribution in [3.63, 3.8) is 0 Å². The summed E-state index contributed by atoms with van der Waals surface area (Å²) in [4.78, 5) is 2.51. The molecular weight excluding hydrogens is 462 g/mol. The molecule has 0 spiro atoms. The molecule has 4 aromatic rings. The van der Waals surface area contributed by atoms with E-state index in [0.29, 0.717) is 24.7 Å². The highest BCUT2D eigenvalue weighted by Crippen LogP contribution is 2.40. The molecule has 0 unspecified atom stereocenters. The molecule has 0 aliphatic carbocycles. The van der Waals surface area contributed by atoms with Crippen molar-refractivity contribution in [2.45, 2.75) is 32.3 Å². The topological polar surface area (TPSA) is 40.2 Å². The molecule has 5 heteroatoms. The molecule has 1 fully saturated rings. The Hall–Kier alpha value is -3.70. The van der Waals surface area contributed by atoms with Crippen molar-refractivity contribution in [1.82, 2.24) is 4.90 Å². The summed E-state index contributed by atoms with van der Waals surface area (Å²) in [6.45, 7) is 4.49. The molecular formula is C32H35NO4. The third kappa shape index (κ3) is 6.75. The maximum atomic E-state index is 6.42. The first-order chi connectivity index (χ1) is 18.3. The van der Waals surface area contributed by atoms with E-state index in [9.17, 15) is 0 Å². The fraction of sp³-hybridized carbons (Fsp3) is 0.312. The van der Waals surface area contributed by atoms with E-state index in [4.69, 9.17) is 18.9 Å². The zero-order valence-electron chi connectivity index (χ0n) is 21.5. The molecule has 0 radical (unpaired) electrons. The molecule has 0 amide bonds. The van der Waals surface area contributed by atoms with Crippen LogP contribution in [-0.4, -0.2) is 38.3 Å². The number of ether oxygens (including phenoxy) is 4. The Balaban J connectivity index is 1.29. The fourth-order valence-corrected chi connectivity index (χ4v) is 4.71. The lowest BCUT2D eigenvalue weighted by Gasteiger charge is -2.19. The van der Waals surface area contributed by atoms with Crippen molar-refractivity contribution in [3.8, 4) is 28.7 Å². The van der Waals surface area contributed by atoms with Crippen molar-refractivity contribution in [2.75, 3.05) is 33.4 Å². The number of likely N-dealkylation sites (tertiary alicyclic amines) is 1. The van der Waals surface area contributed by atoms with Gasteiger partial charge in [0.1, 0.15) is 30.5 Å². The summed E-state index contributed by atoms with van der Waals surface area (Å²) >= 11 is 0. The molecule has 192 valence electrons. The molecule has 37 heavy (non-hydrogen) atoms. The molecule has 1 aliphatic heterocycles. The number of benzene rings is 4. The number of fused-ring (bicyclic) bond motifs is 1. The van der Waals surface area contributed by atoms with Gasteiger partial charge in [-0.05, 0) is 85.4 Å². The Bertz CT molecular complexity index is 1270. The van der Waals surface area contributed by atoms with Gasteiger partial charge in [0.2, 0.25) is 0 Å². The highest BCUT2D eigenvalue weighted by molar-refractivity contribution is 5.92. The zero-order valence-corrected chi connectivity index (χ0v) is 21.5. The Morgan fingerprint density at radius 3 is 2.19 bits per heavy atom. The number of hydrogen-bond donors (Lipinski definition) is 0. The van der Waals surface area contributed by atoms with Gasteiger partial charge in [0.15, 0.2) is 11.5 Å². The number of rotatable bonds is 10. The monoisotopic (exact) mass is 497 g/mol. The van der Waals surface area contributed by atoms with Crippen molar-refractivity contribution >= 4 is 10.8 Å². The lowest BCUT2D eigenvalue weighted by Crippen LogP contribution is -2.29. The van der Waals surface area contributed by atoms with E-state index in [2.05, 4.69) is 17.0 Å². The first-order valence-corrected chi connectivity index (χ1v) is 13.2. The normalized spacial score (nSPS) is 14.2. The average molecular weight is 498 g/mol. The molecule has 1 heterocycles. The molecule has 0 atom stereocenters. The van der Waals surface area contributed by atoms with Crippen molar-refractivity contribution in [3.05, 3.63) is 90.5 Å². The summed E-state index contributed by atoms with van der Waals surface area (Å²) in [6.07, 6.45) is 5.29. The maximum Gasteiger partial charge on any atom is 0.177 e. The van der Waals surface area contributed by atoms with Gasteiger partial charge >= 0.3 is 0 Å². The van der Waals surface area contributed by atoms with Crippen LogP contribution in [0.2, 0.25) is 0 Å². The van der Waals surface area contributed by atoms with Gasteiger partial charge in [-0.25, -0.2) is 0 Å². The third-order valence-electron chi connectivity index (χ3n) is 6.80. The molecule has 0 aromatic heterocycles. The van der Waals surface area contributed by atoms with Crippen molar-refractivity contribution in [1.29, 1.82) is 0 Å². The number of nitrogens with zero attached hydrogens (tertiary/aromatic N) is 1. The van der Waals surface area contributed by atoms with Crippen LogP contribution in [0.4, 0.5) is 0 Å². The van der Waals surface area contributed by atoms with E-state index in [-0.39, 0.29) is 0 Å². The number of methoxy groups -OCH3 is 1. The average Bonchev–Trinajstić information content (AvgIpc) is 3.22. The second-order valence-corrected chi connectivity index (χ2v) is 9.43. The highest BCUT2D eigenvalue weighted by atomic mass is 16.5. The summed E-state index contributed by atoms with van der Waals surface area (Å²) in [5, 5.41) is 1.99. The van der Waals surface area contributed by atoms with E-state index in [1.165, 1.54) is 38.8 Å². The van der Waals surface area contributed by atoms with Crippen LogP contribution in [0.1, 0.15) is 31.2 Å². The van der Waals surface area contributed by atoms with Crippen LogP contribution >= 0.6 is 0 Å². The van der Waals surface area contributed by atoms with Gasteiger partial charge in [-0.2, -0.15) is 0 Å². The van der Waals surface area contributed by atoms with Gasteiger partial charge in [-0.3, -0.25) is 4.90 Å². The van der Waals surface area contributed by atoms with Gasteiger partial charge in [0.05, 0.1) is 7.11 Å². The summed E-state index contributed by atoms with van der Waals surface area (Å²) in [5.41, 5.74) is 1.10. The predicted octanol–water partition coefficient (Wildman–Crippen LogP) is 7.47. The third-order valence-corrected chi connectivity index (χ3v) is 6.80. The molecule has 0 N–H and O–H groups in total. The maximum absolute atomic E-state index is 6.42. The summed E-state index contributed by atoms with van der Waals surface area (Å²) in [7, 11) is 1.67. The van der Waals surface area contributed by atoms with Crippen LogP contribution in [0, 0.1) is 0 Å². The van der Waals surface area contributed by atoms with Gasteiger partial charge in [0.25, 0.3) is 0 Å². The Kier molecular flexibility index (Phi) is 8.44. The second-order valence-electron chi connectivity index (χ2n) is 9.43. The largest absolute Gasteiger partial charge is 0.497 e. The van der Waals surface area contributed by atoms with Crippen LogP contribution in [0.5, 0.6) is 28.7 Å². The minimum Gasteiger partial charge on any atom is -0.497 e. The van der Waals surface area contributed by atoms with Crippen LogP contribution in [0.15, 0.2) is 84.9 Å². The lowest BCUT2D eigenvalue weighted by molar-refractivity contribution is 0.214. The number of hydrogen-bond acceptors (Lipinski definition) is 5. The van der Waals surface area contributed by atoms with E-state index < -0.39 is 0 Å². The predicted molar refractivity (Wildman–Crippen MR) is 148 cm³/mol. The molecule has 1 saturated heterocycles. The molecule has 5 nitrogen and oxygen atoms in total. The second kappa shape index (κ2) is 12.5. The first-order valence-electron chi connectivity index (χ1n) is 13.2. The molecule has 0 saturated carbocycles. The van der Waals surface area contributed by atoms with E-state index in [1.807, 2.05) is 72.8 Å². The van der Waals surface area contributed by atoms with Crippen LogP contribution in [0.3, 0.4) is 0 Å². The first kappa shape index (κ1) is 25.0. The van der Waals surface area contributed by atoms with E-state index >= 15 is 0 Å². The molecule has 0 bridgehead atoms. The van der Waals surface area contributed by atoms with Gasteiger partial charge in [0, 0.05) is 11.9 Å². The summed E-state index contributed by atoms with van der Waals surface area (Å²) in [5.74, 6) is 3.77.